The summed E-state index contributed by atoms with van der Waals surface area (Å²) in [6.07, 6.45) is 3.03. The van der Waals surface area contributed by atoms with Gasteiger partial charge in [0.25, 0.3) is 5.91 Å². The molecule has 0 aliphatic carbocycles. The van der Waals surface area contributed by atoms with E-state index in [0.29, 0.717) is 23.2 Å². The van der Waals surface area contributed by atoms with E-state index >= 15 is 0 Å². The number of hydrogen-bond donors (Lipinski definition) is 2. The van der Waals surface area contributed by atoms with Crippen molar-refractivity contribution >= 4 is 23.5 Å². The smallest absolute Gasteiger partial charge is 0.251 e. The summed E-state index contributed by atoms with van der Waals surface area (Å²) in [6.45, 7) is 8.98. The Labute approximate surface area is 125 Å². The van der Waals surface area contributed by atoms with Gasteiger partial charge in [0.1, 0.15) is 5.82 Å². The number of carbonyl (C=O) groups is 1. The highest BCUT2D eigenvalue weighted by atomic mass is 32.2. The van der Waals surface area contributed by atoms with Crippen LogP contribution >= 0.6 is 11.8 Å². The Morgan fingerprint density at radius 3 is 2.65 bits per heavy atom. The Morgan fingerprint density at radius 1 is 1.45 bits per heavy atom. The molecule has 1 aromatic rings. The van der Waals surface area contributed by atoms with Crippen molar-refractivity contribution in [3.63, 3.8) is 0 Å². The average molecular weight is 295 g/mol. The third-order valence-electron chi connectivity index (χ3n) is 3.11. The van der Waals surface area contributed by atoms with Gasteiger partial charge in [0.15, 0.2) is 0 Å². The van der Waals surface area contributed by atoms with Crippen LogP contribution in [0, 0.1) is 0 Å². The lowest BCUT2D eigenvalue weighted by Crippen LogP contribution is -2.27. The van der Waals surface area contributed by atoms with Crippen molar-refractivity contribution in [2.45, 2.75) is 44.8 Å². The van der Waals surface area contributed by atoms with Crippen molar-refractivity contribution in [2.24, 2.45) is 0 Å². The summed E-state index contributed by atoms with van der Waals surface area (Å²) in [5.74, 6) is 0.304. The number of nitrogen functional groups attached to an aromatic ring is 1. The second-order valence-corrected chi connectivity index (χ2v) is 7.28. The van der Waals surface area contributed by atoms with Crippen molar-refractivity contribution in [2.75, 3.05) is 18.5 Å². The zero-order valence-corrected chi connectivity index (χ0v) is 13.8. The van der Waals surface area contributed by atoms with E-state index in [1.807, 2.05) is 6.07 Å². The largest absolute Gasteiger partial charge is 0.384 e. The normalized spacial score (nSPS) is 13.1. The van der Waals surface area contributed by atoms with Crippen LogP contribution in [0.3, 0.4) is 0 Å². The molecule has 1 unspecified atom stereocenters. The van der Waals surface area contributed by atoms with Crippen LogP contribution in [0.15, 0.2) is 12.1 Å². The van der Waals surface area contributed by atoms with Gasteiger partial charge >= 0.3 is 0 Å². The molecular weight excluding hydrogens is 270 g/mol. The van der Waals surface area contributed by atoms with Crippen LogP contribution in [-0.4, -0.2) is 28.9 Å². The minimum absolute atomic E-state index is 0.0853. The van der Waals surface area contributed by atoms with Gasteiger partial charge < -0.3 is 11.1 Å². The molecule has 0 bridgehead atoms. The second-order valence-electron chi connectivity index (χ2n) is 6.01. The molecule has 5 heteroatoms. The van der Waals surface area contributed by atoms with Crippen molar-refractivity contribution in [1.82, 2.24) is 10.3 Å². The number of nitrogens with zero attached hydrogens (tertiary/aromatic N) is 1. The number of aromatic nitrogens is 1. The molecule has 20 heavy (non-hydrogen) atoms. The van der Waals surface area contributed by atoms with Crippen molar-refractivity contribution < 1.29 is 4.79 Å². The van der Waals surface area contributed by atoms with E-state index in [2.05, 4.69) is 44.3 Å². The molecule has 3 N–H and O–H groups in total. The zero-order valence-electron chi connectivity index (χ0n) is 13.0. The van der Waals surface area contributed by atoms with Crippen LogP contribution in [0.5, 0.6) is 0 Å². The standard InChI is InChI=1S/C15H25N3OS/c1-10(20-5)6-7-17-14(19)11-8-12(15(2,3)4)18-13(16)9-11/h8-10H,6-7H2,1-5H3,(H2,16,18)(H,17,19). The van der Waals surface area contributed by atoms with Gasteiger partial charge in [0.05, 0.1) is 0 Å². The lowest BCUT2D eigenvalue weighted by molar-refractivity contribution is 0.0953. The van der Waals surface area contributed by atoms with Crippen LogP contribution < -0.4 is 11.1 Å². The number of rotatable bonds is 5. The quantitative estimate of drug-likeness (QED) is 0.876. The Morgan fingerprint density at radius 2 is 2.10 bits per heavy atom. The molecule has 1 heterocycles. The number of anilines is 1. The maximum absolute atomic E-state index is 12.1. The van der Waals surface area contributed by atoms with Crippen molar-refractivity contribution in [1.29, 1.82) is 0 Å². The maximum Gasteiger partial charge on any atom is 0.251 e. The van der Waals surface area contributed by atoms with E-state index in [1.165, 1.54) is 0 Å². The molecule has 0 saturated heterocycles. The van der Waals surface area contributed by atoms with Gasteiger partial charge in [0.2, 0.25) is 0 Å². The summed E-state index contributed by atoms with van der Waals surface area (Å²) in [4.78, 5) is 16.4. The number of thioether (sulfide) groups is 1. The summed E-state index contributed by atoms with van der Waals surface area (Å²) < 4.78 is 0. The Hall–Kier alpha value is -1.23. The highest BCUT2D eigenvalue weighted by Gasteiger charge is 2.18. The third-order valence-corrected chi connectivity index (χ3v) is 4.15. The molecule has 0 aliphatic heterocycles. The number of carbonyl (C=O) groups excluding carboxylic acids is 1. The van der Waals surface area contributed by atoms with Crippen LogP contribution in [-0.2, 0) is 5.41 Å². The average Bonchev–Trinajstić information content (AvgIpc) is 2.36. The lowest BCUT2D eigenvalue weighted by Gasteiger charge is -2.19. The molecule has 0 radical (unpaired) electrons. The minimum Gasteiger partial charge on any atom is -0.384 e. The number of amides is 1. The second kappa shape index (κ2) is 6.97. The van der Waals surface area contributed by atoms with Gasteiger partial charge in [-0.05, 0) is 24.8 Å². The van der Waals surface area contributed by atoms with Crippen LogP contribution in [0.1, 0.15) is 50.2 Å². The molecule has 4 nitrogen and oxygen atoms in total. The molecule has 1 amide bonds. The number of nitrogens with two attached hydrogens (primary N) is 1. The van der Waals surface area contributed by atoms with Gasteiger partial charge in [-0.25, -0.2) is 4.98 Å². The summed E-state index contributed by atoms with van der Waals surface area (Å²) in [5.41, 5.74) is 7.09. The molecule has 0 aromatic carbocycles. The van der Waals surface area contributed by atoms with E-state index < -0.39 is 0 Å². The summed E-state index contributed by atoms with van der Waals surface area (Å²) >= 11 is 1.80. The molecule has 0 saturated carbocycles. The number of nitrogens with one attached hydrogen (secondary N) is 1. The Bertz CT molecular complexity index is 469. The molecule has 0 spiro atoms. The summed E-state index contributed by atoms with van der Waals surface area (Å²) in [6, 6.07) is 3.45. The first-order chi connectivity index (χ1) is 9.24. The fourth-order valence-electron chi connectivity index (χ4n) is 1.68. The van der Waals surface area contributed by atoms with Crippen molar-refractivity contribution in [3.8, 4) is 0 Å². The van der Waals surface area contributed by atoms with E-state index in [-0.39, 0.29) is 11.3 Å². The van der Waals surface area contributed by atoms with E-state index in [0.717, 1.165) is 12.1 Å². The molecule has 1 aromatic heterocycles. The molecule has 0 fully saturated rings. The maximum atomic E-state index is 12.1. The lowest BCUT2D eigenvalue weighted by atomic mass is 9.90. The fraction of sp³-hybridized carbons (Fsp3) is 0.600. The van der Waals surface area contributed by atoms with Gasteiger partial charge in [-0.1, -0.05) is 27.7 Å². The van der Waals surface area contributed by atoms with E-state index in [9.17, 15) is 4.79 Å². The van der Waals surface area contributed by atoms with Gasteiger partial charge in [-0.2, -0.15) is 11.8 Å². The summed E-state index contributed by atoms with van der Waals surface area (Å²) in [5, 5.41) is 3.48. The Balaban J connectivity index is 2.76. The first-order valence-electron chi connectivity index (χ1n) is 6.83. The SMILES string of the molecule is CSC(C)CCNC(=O)c1cc(N)nc(C(C)(C)C)c1. The molecule has 0 aliphatic rings. The van der Waals surface area contributed by atoms with Gasteiger partial charge in [-0.15, -0.1) is 0 Å². The van der Waals surface area contributed by atoms with Crippen molar-refractivity contribution in [3.05, 3.63) is 23.4 Å². The zero-order chi connectivity index (χ0) is 15.3. The number of hydrogen-bond acceptors (Lipinski definition) is 4. The predicted octanol–water partition coefficient (Wildman–Crippen LogP) is 2.83. The predicted molar refractivity (Wildman–Crippen MR) is 87.3 cm³/mol. The Kier molecular flexibility index (Phi) is 5.87. The molecule has 112 valence electrons. The first kappa shape index (κ1) is 16.8. The molecule has 1 atom stereocenters. The van der Waals surface area contributed by atoms with Gasteiger partial charge in [-0.3, -0.25) is 4.79 Å². The topological polar surface area (TPSA) is 68.0 Å². The fourth-order valence-corrected chi connectivity index (χ4v) is 2.03. The van der Waals surface area contributed by atoms with Crippen LogP contribution in [0.2, 0.25) is 0 Å². The minimum atomic E-state index is -0.127. The van der Waals surface area contributed by atoms with Crippen LogP contribution in [0.25, 0.3) is 0 Å². The van der Waals surface area contributed by atoms with E-state index in [4.69, 9.17) is 5.73 Å². The highest BCUT2D eigenvalue weighted by molar-refractivity contribution is 7.99. The first-order valence-corrected chi connectivity index (χ1v) is 8.12. The highest BCUT2D eigenvalue weighted by Crippen LogP contribution is 2.22. The third kappa shape index (κ3) is 5.04. The van der Waals surface area contributed by atoms with Crippen LogP contribution in [0.4, 0.5) is 5.82 Å². The van der Waals surface area contributed by atoms with E-state index in [1.54, 1.807) is 17.8 Å². The number of pyridine rings is 1. The summed E-state index contributed by atoms with van der Waals surface area (Å²) in [7, 11) is 0. The molecular formula is C15H25N3OS. The van der Waals surface area contributed by atoms with Gasteiger partial charge in [0, 0.05) is 28.5 Å². The molecule has 1 rings (SSSR count). The monoisotopic (exact) mass is 295 g/mol.